The molecule has 29 heavy (non-hydrogen) atoms. The van der Waals surface area contributed by atoms with Crippen LogP contribution >= 0.6 is 0 Å². The molecular formula is C27H40O2. The van der Waals surface area contributed by atoms with E-state index in [-0.39, 0.29) is 5.97 Å². The SMILES string of the molecule is CCCCCOC(=O)C1=CCC(c2ccc([C@H]3CC[C@H](CCC)CC3)cc2)CC1. The third kappa shape index (κ3) is 6.46. The van der Waals surface area contributed by atoms with E-state index in [9.17, 15) is 4.79 Å². The van der Waals surface area contributed by atoms with Crippen molar-refractivity contribution in [2.45, 2.75) is 103 Å². The lowest BCUT2D eigenvalue weighted by molar-refractivity contribution is -0.139. The van der Waals surface area contributed by atoms with E-state index in [0.29, 0.717) is 12.5 Å². The maximum Gasteiger partial charge on any atom is 0.333 e. The summed E-state index contributed by atoms with van der Waals surface area (Å²) in [5.41, 5.74) is 3.85. The van der Waals surface area contributed by atoms with Gasteiger partial charge in [0.15, 0.2) is 0 Å². The van der Waals surface area contributed by atoms with Gasteiger partial charge in [-0.05, 0) is 80.2 Å². The van der Waals surface area contributed by atoms with Crippen molar-refractivity contribution in [1.29, 1.82) is 0 Å². The molecule has 160 valence electrons. The van der Waals surface area contributed by atoms with Crippen molar-refractivity contribution in [1.82, 2.24) is 0 Å². The summed E-state index contributed by atoms with van der Waals surface area (Å²) < 4.78 is 5.42. The molecule has 2 nitrogen and oxygen atoms in total. The van der Waals surface area contributed by atoms with E-state index < -0.39 is 0 Å². The van der Waals surface area contributed by atoms with E-state index in [2.05, 4.69) is 44.2 Å². The highest BCUT2D eigenvalue weighted by molar-refractivity contribution is 5.88. The van der Waals surface area contributed by atoms with E-state index in [0.717, 1.165) is 55.9 Å². The van der Waals surface area contributed by atoms with Crippen LogP contribution in [0.5, 0.6) is 0 Å². The molecule has 1 aromatic carbocycles. The summed E-state index contributed by atoms with van der Waals surface area (Å²) in [7, 11) is 0. The highest BCUT2D eigenvalue weighted by Crippen LogP contribution is 2.38. The van der Waals surface area contributed by atoms with Crippen LogP contribution in [0.4, 0.5) is 0 Å². The molecule has 1 fully saturated rings. The average molecular weight is 397 g/mol. The Morgan fingerprint density at radius 3 is 2.17 bits per heavy atom. The molecule has 0 radical (unpaired) electrons. The minimum Gasteiger partial charge on any atom is -0.462 e. The molecule has 0 bridgehead atoms. The van der Waals surface area contributed by atoms with Crippen LogP contribution in [0, 0.1) is 5.92 Å². The summed E-state index contributed by atoms with van der Waals surface area (Å²) in [5, 5.41) is 0. The zero-order chi connectivity index (χ0) is 20.5. The molecule has 1 atom stereocenters. The fourth-order valence-electron chi connectivity index (χ4n) is 5.16. The summed E-state index contributed by atoms with van der Waals surface area (Å²) in [6, 6.07) is 9.45. The first kappa shape index (κ1) is 22.1. The van der Waals surface area contributed by atoms with Crippen LogP contribution in [0.3, 0.4) is 0 Å². The second-order valence-corrected chi connectivity index (χ2v) is 9.22. The van der Waals surface area contributed by atoms with Gasteiger partial charge in [0.25, 0.3) is 0 Å². The predicted molar refractivity (Wildman–Crippen MR) is 121 cm³/mol. The van der Waals surface area contributed by atoms with Crippen LogP contribution in [0.15, 0.2) is 35.9 Å². The van der Waals surface area contributed by atoms with Gasteiger partial charge in [0, 0.05) is 5.57 Å². The lowest BCUT2D eigenvalue weighted by Gasteiger charge is -2.29. The second-order valence-electron chi connectivity index (χ2n) is 9.22. The molecule has 1 aromatic rings. The minimum atomic E-state index is -0.0893. The topological polar surface area (TPSA) is 26.3 Å². The van der Waals surface area contributed by atoms with Crippen LogP contribution in [-0.4, -0.2) is 12.6 Å². The van der Waals surface area contributed by atoms with Crippen LogP contribution in [0.1, 0.15) is 114 Å². The monoisotopic (exact) mass is 396 g/mol. The molecule has 0 amide bonds. The Morgan fingerprint density at radius 1 is 0.897 bits per heavy atom. The summed E-state index contributed by atoms with van der Waals surface area (Å²) in [4.78, 5) is 12.2. The lowest BCUT2D eigenvalue weighted by Crippen LogP contribution is -2.14. The van der Waals surface area contributed by atoms with Crippen molar-refractivity contribution in [2.75, 3.05) is 6.61 Å². The van der Waals surface area contributed by atoms with Crippen LogP contribution in [0.2, 0.25) is 0 Å². The smallest absolute Gasteiger partial charge is 0.333 e. The van der Waals surface area contributed by atoms with Crippen molar-refractivity contribution in [3.8, 4) is 0 Å². The Bertz CT molecular complexity index is 650. The minimum absolute atomic E-state index is 0.0893. The zero-order valence-corrected chi connectivity index (χ0v) is 18.6. The molecule has 0 N–H and O–H groups in total. The molecule has 2 heteroatoms. The Morgan fingerprint density at radius 2 is 1.59 bits per heavy atom. The number of carbonyl (C=O) groups is 1. The normalized spacial score (nSPS) is 24.8. The number of benzene rings is 1. The van der Waals surface area contributed by atoms with Gasteiger partial charge in [-0.3, -0.25) is 0 Å². The zero-order valence-electron chi connectivity index (χ0n) is 18.6. The second kappa shape index (κ2) is 11.6. The van der Waals surface area contributed by atoms with E-state index in [1.54, 1.807) is 0 Å². The van der Waals surface area contributed by atoms with Gasteiger partial charge >= 0.3 is 5.97 Å². The van der Waals surface area contributed by atoms with Crippen molar-refractivity contribution < 1.29 is 9.53 Å². The number of unbranched alkanes of at least 4 members (excludes halogenated alkanes) is 2. The van der Waals surface area contributed by atoms with Gasteiger partial charge in [0.2, 0.25) is 0 Å². The molecular weight excluding hydrogens is 356 g/mol. The highest BCUT2D eigenvalue weighted by atomic mass is 16.5. The Hall–Kier alpha value is -1.57. The number of ether oxygens (including phenoxy) is 1. The number of hydrogen-bond acceptors (Lipinski definition) is 2. The fourth-order valence-corrected chi connectivity index (χ4v) is 5.16. The van der Waals surface area contributed by atoms with Gasteiger partial charge in [0.1, 0.15) is 0 Å². The maximum atomic E-state index is 12.2. The average Bonchev–Trinajstić information content (AvgIpc) is 2.78. The van der Waals surface area contributed by atoms with Crippen LogP contribution < -0.4 is 0 Å². The quantitative estimate of drug-likeness (QED) is 0.316. The molecule has 1 saturated carbocycles. The molecule has 0 aliphatic heterocycles. The van der Waals surface area contributed by atoms with Crippen molar-refractivity contribution >= 4 is 5.97 Å². The molecule has 2 aliphatic rings. The van der Waals surface area contributed by atoms with E-state index in [1.807, 2.05) is 0 Å². The van der Waals surface area contributed by atoms with Gasteiger partial charge in [-0.2, -0.15) is 0 Å². The summed E-state index contributed by atoms with van der Waals surface area (Å²) >= 11 is 0. The first-order valence-corrected chi connectivity index (χ1v) is 12.2. The number of allylic oxidation sites excluding steroid dienone is 1. The predicted octanol–water partition coefficient (Wildman–Crippen LogP) is 7.69. The molecule has 0 spiro atoms. The number of esters is 1. The maximum absolute atomic E-state index is 12.2. The van der Waals surface area contributed by atoms with Gasteiger partial charge < -0.3 is 4.74 Å². The molecule has 0 saturated heterocycles. The van der Waals surface area contributed by atoms with E-state index in [4.69, 9.17) is 4.74 Å². The summed E-state index contributed by atoms with van der Waals surface area (Å²) in [5.74, 6) is 2.18. The molecule has 0 aromatic heterocycles. The summed E-state index contributed by atoms with van der Waals surface area (Å²) in [6.45, 7) is 5.04. The number of rotatable bonds is 9. The van der Waals surface area contributed by atoms with Crippen molar-refractivity contribution in [3.05, 3.63) is 47.0 Å². The lowest BCUT2D eigenvalue weighted by atomic mass is 9.76. The molecule has 0 heterocycles. The molecule has 3 rings (SSSR count). The number of hydrogen-bond donors (Lipinski definition) is 0. The van der Waals surface area contributed by atoms with Gasteiger partial charge in [-0.25, -0.2) is 4.79 Å². The first-order valence-electron chi connectivity index (χ1n) is 12.2. The van der Waals surface area contributed by atoms with Crippen molar-refractivity contribution in [3.63, 3.8) is 0 Å². The molecule has 2 aliphatic carbocycles. The first-order chi connectivity index (χ1) is 14.2. The van der Waals surface area contributed by atoms with Gasteiger partial charge in [-0.1, -0.05) is 69.9 Å². The van der Waals surface area contributed by atoms with Gasteiger partial charge in [-0.15, -0.1) is 0 Å². The highest BCUT2D eigenvalue weighted by Gasteiger charge is 2.23. The van der Waals surface area contributed by atoms with Crippen molar-refractivity contribution in [2.24, 2.45) is 5.92 Å². The third-order valence-electron chi connectivity index (χ3n) is 7.08. The fraction of sp³-hybridized carbons (Fsp3) is 0.667. The molecule has 1 unspecified atom stereocenters. The van der Waals surface area contributed by atoms with E-state index in [1.165, 1.54) is 49.7 Å². The summed E-state index contributed by atoms with van der Waals surface area (Å²) in [6.07, 6.45) is 16.5. The Kier molecular flexibility index (Phi) is 8.83. The van der Waals surface area contributed by atoms with Crippen LogP contribution in [-0.2, 0) is 9.53 Å². The van der Waals surface area contributed by atoms with Gasteiger partial charge in [0.05, 0.1) is 6.61 Å². The Balaban J connectivity index is 1.47. The van der Waals surface area contributed by atoms with E-state index >= 15 is 0 Å². The largest absolute Gasteiger partial charge is 0.462 e. The van der Waals surface area contributed by atoms with Crippen LogP contribution in [0.25, 0.3) is 0 Å². The Labute approximate surface area is 178 Å². The number of carbonyl (C=O) groups excluding carboxylic acids is 1. The third-order valence-corrected chi connectivity index (χ3v) is 7.08. The standard InChI is InChI=1S/C27H40O2/c1-3-5-6-20-29-27(28)26-18-16-25(17-19-26)24-14-12-23(13-15-24)22-10-8-21(7-4-2)9-11-22/h12-15,18,21-22,25H,3-11,16-17,19-20H2,1-2H3/t21-,22-,25?.